The van der Waals surface area contributed by atoms with Gasteiger partial charge in [0, 0.05) is 34.9 Å². The second kappa shape index (κ2) is 8.36. The number of nitrogens with zero attached hydrogens (tertiary/aromatic N) is 1. The number of benzene rings is 2. The monoisotopic (exact) mass is 415 g/mol. The molecular weight excluding hydrogens is 394 g/mol. The van der Waals surface area contributed by atoms with Crippen molar-refractivity contribution in [2.45, 2.75) is 19.8 Å². The molecule has 0 aliphatic carbocycles. The Balaban J connectivity index is 1.50. The summed E-state index contributed by atoms with van der Waals surface area (Å²) >= 11 is 3.46. The molecule has 0 spiro atoms. The third-order valence-electron chi connectivity index (χ3n) is 4.60. The van der Waals surface area contributed by atoms with Crippen molar-refractivity contribution in [1.82, 2.24) is 4.90 Å². The van der Waals surface area contributed by atoms with Gasteiger partial charge in [-0.25, -0.2) is 4.79 Å². The van der Waals surface area contributed by atoms with Crippen molar-refractivity contribution < 1.29 is 9.59 Å². The number of nitrogens with one attached hydrogen (secondary N) is 2. The van der Waals surface area contributed by atoms with Gasteiger partial charge in [0.15, 0.2) is 0 Å². The summed E-state index contributed by atoms with van der Waals surface area (Å²) in [5.41, 5.74) is 2.66. The molecule has 3 amide bonds. The average molecular weight is 416 g/mol. The molecule has 1 heterocycles. The molecule has 0 unspecified atom stereocenters. The minimum atomic E-state index is -0.112. The van der Waals surface area contributed by atoms with Gasteiger partial charge in [0.05, 0.1) is 0 Å². The van der Waals surface area contributed by atoms with Crippen LogP contribution in [0.3, 0.4) is 0 Å². The molecule has 0 bridgehead atoms. The summed E-state index contributed by atoms with van der Waals surface area (Å²) in [5, 5.41) is 5.87. The Bertz CT molecular complexity index is 787. The Labute approximate surface area is 161 Å². The van der Waals surface area contributed by atoms with Crippen LogP contribution in [0.25, 0.3) is 0 Å². The summed E-state index contributed by atoms with van der Waals surface area (Å²) in [5.74, 6) is -0.0467. The zero-order valence-electron chi connectivity index (χ0n) is 14.7. The lowest BCUT2D eigenvalue weighted by Gasteiger charge is -2.31. The fraction of sp³-hybridized carbons (Fsp3) is 0.300. The zero-order chi connectivity index (χ0) is 18.5. The molecule has 1 aliphatic rings. The van der Waals surface area contributed by atoms with Crippen LogP contribution in [0.4, 0.5) is 16.2 Å². The van der Waals surface area contributed by atoms with Gasteiger partial charge in [-0.15, -0.1) is 0 Å². The van der Waals surface area contributed by atoms with Crippen LogP contribution < -0.4 is 10.6 Å². The molecule has 136 valence electrons. The van der Waals surface area contributed by atoms with Crippen LogP contribution in [0, 0.1) is 12.8 Å². The Hall–Kier alpha value is -2.34. The first-order valence-corrected chi connectivity index (χ1v) is 9.50. The highest BCUT2D eigenvalue weighted by molar-refractivity contribution is 9.10. The van der Waals surface area contributed by atoms with Crippen LogP contribution in [-0.2, 0) is 4.79 Å². The quantitative estimate of drug-likeness (QED) is 0.766. The first-order valence-electron chi connectivity index (χ1n) is 8.71. The van der Waals surface area contributed by atoms with E-state index in [9.17, 15) is 9.59 Å². The predicted molar refractivity (Wildman–Crippen MR) is 107 cm³/mol. The van der Waals surface area contributed by atoms with Crippen molar-refractivity contribution in [2.75, 3.05) is 23.7 Å². The van der Waals surface area contributed by atoms with Crippen molar-refractivity contribution in [3.05, 3.63) is 58.6 Å². The van der Waals surface area contributed by atoms with Gasteiger partial charge in [-0.2, -0.15) is 0 Å². The van der Waals surface area contributed by atoms with Gasteiger partial charge in [0.1, 0.15) is 0 Å². The second-order valence-corrected chi connectivity index (χ2v) is 7.37. The second-order valence-electron chi connectivity index (χ2n) is 6.51. The molecule has 1 fully saturated rings. The molecule has 2 aromatic carbocycles. The SMILES string of the molecule is Cc1cc(NC(=O)C2CCN(C(=O)Nc3ccccc3)CC2)ccc1Br. The molecule has 0 atom stereocenters. The number of likely N-dealkylation sites (tertiary alicyclic amines) is 1. The standard InChI is InChI=1S/C20H22BrN3O2/c1-14-13-17(7-8-18(14)21)22-19(25)15-9-11-24(12-10-15)20(26)23-16-5-3-2-4-6-16/h2-8,13,15H,9-12H2,1H3,(H,22,25)(H,23,26). The van der Waals surface area contributed by atoms with Crippen LogP contribution in [-0.4, -0.2) is 29.9 Å². The highest BCUT2D eigenvalue weighted by atomic mass is 79.9. The fourth-order valence-corrected chi connectivity index (χ4v) is 3.28. The normalized spacial score (nSPS) is 14.8. The number of piperidine rings is 1. The van der Waals surface area contributed by atoms with E-state index in [2.05, 4.69) is 26.6 Å². The van der Waals surface area contributed by atoms with Crippen LogP contribution in [0.2, 0.25) is 0 Å². The topological polar surface area (TPSA) is 61.4 Å². The lowest BCUT2D eigenvalue weighted by Crippen LogP contribution is -2.43. The molecule has 1 saturated heterocycles. The maximum atomic E-state index is 12.5. The van der Waals surface area contributed by atoms with E-state index in [1.54, 1.807) is 4.90 Å². The number of carbonyl (C=O) groups excluding carboxylic acids is 2. The van der Waals surface area contributed by atoms with Crippen LogP contribution in [0.1, 0.15) is 18.4 Å². The third-order valence-corrected chi connectivity index (χ3v) is 5.49. The Morgan fingerprint density at radius 1 is 1.00 bits per heavy atom. The molecule has 3 rings (SSSR count). The lowest BCUT2D eigenvalue weighted by atomic mass is 9.96. The van der Waals surface area contributed by atoms with Crippen LogP contribution >= 0.6 is 15.9 Å². The predicted octanol–water partition coefficient (Wildman–Crippen LogP) is 4.64. The molecular formula is C20H22BrN3O2. The van der Waals surface area contributed by atoms with Gasteiger partial charge in [-0.1, -0.05) is 34.1 Å². The van der Waals surface area contributed by atoms with E-state index >= 15 is 0 Å². The van der Waals surface area contributed by atoms with Crippen LogP contribution in [0.15, 0.2) is 53.0 Å². The van der Waals surface area contributed by atoms with E-state index in [1.807, 2.05) is 55.5 Å². The van der Waals surface area contributed by atoms with Gasteiger partial charge in [0.25, 0.3) is 0 Å². The van der Waals surface area contributed by atoms with E-state index in [1.165, 1.54) is 0 Å². The summed E-state index contributed by atoms with van der Waals surface area (Å²) in [6, 6.07) is 15.1. The number of halogens is 1. The highest BCUT2D eigenvalue weighted by Crippen LogP contribution is 2.23. The summed E-state index contributed by atoms with van der Waals surface area (Å²) in [6.45, 7) is 3.15. The number of urea groups is 1. The number of hydrogen-bond acceptors (Lipinski definition) is 2. The summed E-state index contributed by atoms with van der Waals surface area (Å²) < 4.78 is 1.02. The number of para-hydroxylation sites is 1. The number of hydrogen-bond donors (Lipinski definition) is 2. The third kappa shape index (κ3) is 4.64. The maximum absolute atomic E-state index is 12.5. The van der Waals surface area contributed by atoms with Gasteiger partial charge in [-0.3, -0.25) is 4.79 Å². The minimum Gasteiger partial charge on any atom is -0.326 e. The van der Waals surface area contributed by atoms with E-state index in [-0.39, 0.29) is 17.9 Å². The molecule has 6 heteroatoms. The first-order chi connectivity index (χ1) is 12.5. The van der Waals surface area contributed by atoms with Crippen molar-refractivity contribution in [3.63, 3.8) is 0 Å². The minimum absolute atomic E-state index is 0.0230. The molecule has 0 saturated carbocycles. The molecule has 2 N–H and O–H groups in total. The van der Waals surface area contributed by atoms with E-state index < -0.39 is 0 Å². The lowest BCUT2D eigenvalue weighted by molar-refractivity contribution is -0.121. The summed E-state index contributed by atoms with van der Waals surface area (Å²) in [7, 11) is 0. The number of rotatable bonds is 3. The van der Waals surface area contributed by atoms with Crippen molar-refractivity contribution in [2.24, 2.45) is 5.92 Å². The highest BCUT2D eigenvalue weighted by Gasteiger charge is 2.27. The summed E-state index contributed by atoms with van der Waals surface area (Å²) in [4.78, 5) is 26.6. The zero-order valence-corrected chi connectivity index (χ0v) is 16.3. The molecule has 2 aromatic rings. The van der Waals surface area contributed by atoms with Crippen LogP contribution in [0.5, 0.6) is 0 Å². The number of anilines is 2. The van der Waals surface area contributed by atoms with E-state index in [0.29, 0.717) is 25.9 Å². The smallest absolute Gasteiger partial charge is 0.321 e. The maximum Gasteiger partial charge on any atom is 0.321 e. The first kappa shape index (κ1) is 18.5. The van der Waals surface area contributed by atoms with Crippen molar-refractivity contribution in [1.29, 1.82) is 0 Å². The van der Waals surface area contributed by atoms with E-state index in [4.69, 9.17) is 0 Å². The number of aryl methyl sites for hydroxylation is 1. The van der Waals surface area contributed by atoms with Gasteiger partial charge >= 0.3 is 6.03 Å². The van der Waals surface area contributed by atoms with Gasteiger partial charge in [0.2, 0.25) is 5.91 Å². The van der Waals surface area contributed by atoms with Crippen molar-refractivity contribution >= 4 is 39.2 Å². The molecule has 5 nitrogen and oxygen atoms in total. The molecule has 26 heavy (non-hydrogen) atoms. The Morgan fingerprint density at radius 2 is 1.69 bits per heavy atom. The number of carbonyl (C=O) groups is 2. The van der Waals surface area contributed by atoms with E-state index in [0.717, 1.165) is 21.4 Å². The molecule has 0 aromatic heterocycles. The van der Waals surface area contributed by atoms with Crippen molar-refractivity contribution in [3.8, 4) is 0 Å². The molecule has 1 aliphatic heterocycles. The Kier molecular flexibility index (Phi) is 5.93. The number of amides is 3. The fourth-order valence-electron chi connectivity index (χ4n) is 3.04. The van der Waals surface area contributed by atoms with Gasteiger partial charge < -0.3 is 15.5 Å². The van der Waals surface area contributed by atoms with Gasteiger partial charge in [-0.05, 0) is 55.7 Å². The average Bonchev–Trinajstić information content (AvgIpc) is 2.65. The summed E-state index contributed by atoms with van der Waals surface area (Å²) in [6.07, 6.45) is 1.34. The largest absolute Gasteiger partial charge is 0.326 e. The Morgan fingerprint density at radius 3 is 2.35 bits per heavy atom. The molecule has 0 radical (unpaired) electrons.